The summed E-state index contributed by atoms with van der Waals surface area (Å²) >= 11 is 2.98. The lowest BCUT2D eigenvalue weighted by atomic mass is 10.2. The molecule has 2 heterocycles. The Hall–Kier alpha value is -2.29. The zero-order valence-corrected chi connectivity index (χ0v) is 17.3. The van der Waals surface area contributed by atoms with Crippen molar-refractivity contribution in [3.8, 4) is 0 Å². The molecule has 0 aliphatic carbocycles. The molecule has 0 unspecified atom stereocenters. The molecule has 1 saturated heterocycles. The van der Waals surface area contributed by atoms with Crippen molar-refractivity contribution in [3.63, 3.8) is 0 Å². The number of nitrogens with one attached hydrogen (secondary N) is 1. The Morgan fingerprint density at radius 2 is 2.21 bits per heavy atom. The quantitative estimate of drug-likeness (QED) is 0.441. The first-order chi connectivity index (χ1) is 14.2. The molecule has 5 nitrogen and oxygen atoms in total. The number of amides is 1. The molecular weight excluding hydrogens is 409 g/mol. The van der Waals surface area contributed by atoms with Gasteiger partial charge in [0.1, 0.15) is 5.82 Å². The lowest BCUT2D eigenvalue weighted by Crippen LogP contribution is -2.32. The van der Waals surface area contributed by atoms with Crippen molar-refractivity contribution in [3.05, 3.63) is 53.8 Å². The van der Waals surface area contributed by atoms with Crippen LogP contribution >= 0.6 is 23.1 Å². The summed E-state index contributed by atoms with van der Waals surface area (Å²) in [5.41, 5.74) is 2.52. The predicted molar refractivity (Wildman–Crippen MR) is 116 cm³/mol. The van der Waals surface area contributed by atoms with E-state index in [1.165, 1.54) is 23.9 Å². The minimum atomic E-state index is -0.265. The summed E-state index contributed by atoms with van der Waals surface area (Å²) in [6, 6.07) is 12.0. The smallest absolute Gasteiger partial charge is 0.230 e. The molecule has 3 aromatic rings. The molecule has 8 heteroatoms. The van der Waals surface area contributed by atoms with Gasteiger partial charge >= 0.3 is 0 Å². The van der Waals surface area contributed by atoms with Crippen LogP contribution in [-0.4, -0.2) is 42.1 Å². The molecule has 150 valence electrons. The van der Waals surface area contributed by atoms with Crippen LogP contribution in [0.2, 0.25) is 0 Å². The van der Waals surface area contributed by atoms with E-state index in [4.69, 9.17) is 4.74 Å². The highest BCUT2D eigenvalue weighted by molar-refractivity contribution is 8.01. The molecule has 1 aliphatic rings. The number of hydrogen-bond acceptors (Lipinski definition) is 6. The van der Waals surface area contributed by atoms with Gasteiger partial charge in [-0.15, -0.1) is 11.3 Å². The number of thioether (sulfide) groups is 1. The zero-order valence-electron chi connectivity index (χ0n) is 15.6. The number of nitrogens with zero attached hydrogens (tertiary/aromatic N) is 2. The molecule has 1 amide bonds. The van der Waals surface area contributed by atoms with Crippen molar-refractivity contribution < 1.29 is 13.9 Å². The maximum absolute atomic E-state index is 13.0. The van der Waals surface area contributed by atoms with Gasteiger partial charge in [0, 0.05) is 19.4 Å². The van der Waals surface area contributed by atoms with Gasteiger partial charge in [0.25, 0.3) is 0 Å². The topological polar surface area (TPSA) is 63.6 Å². The first-order valence-corrected chi connectivity index (χ1v) is 11.2. The molecule has 2 aromatic carbocycles. The molecule has 1 N–H and O–H groups in total. The number of halogens is 1. The minimum absolute atomic E-state index is 0.00524. The third-order valence-electron chi connectivity index (χ3n) is 4.46. The van der Waals surface area contributed by atoms with Crippen LogP contribution in [0, 0.1) is 5.82 Å². The first kappa shape index (κ1) is 20.0. The number of aromatic nitrogens is 1. The fourth-order valence-corrected chi connectivity index (χ4v) is 4.87. The maximum atomic E-state index is 13.0. The molecule has 0 spiro atoms. The second-order valence-corrected chi connectivity index (χ2v) is 8.92. The van der Waals surface area contributed by atoms with Crippen LogP contribution in [0.1, 0.15) is 18.4 Å². The van der Waals surface area contributed by atoms with Gasteiger partial charge in [0.2, 0.25) is 5.91 Å². The van der Waals surface area contributed by atoms with Crippen LogP contribution in [0.3, 0.4) is 0 Å². The highest BCUT2D eigenvalue weighted by atomic mass is 32.2. The lowest BCUT2D eigenvalue weighted by molar-refractivity contribution is -0.119. The number of benzene rings is 2. The van der Waals surface area contributed by atoms with Gasteiger partial charge in [-0.05, 0) is 48.7 Å². The van der Waals surface area contributed by atoms with Crippen LogP contribution < -0.4 is 5.32 Å². The Kier molecular flexibility index (Phi) is 6.53. The van der Waals surface area contributed by atoms with Gasteiger partial charge in [0.05, 0.1) is 27.8 Å². The number of thiazole rings is 1. The molecule has 1 atom stereocenters. The standard InChI is InChI=1S/C21H20FN3O2S2/c22-15-5-3-14(4-6-15)11-23-16-7-8-18-19(10-16)29-21(25-18)28-13-20(26)24-12-17-2-1-9-27-17/h3-8,10-11,17H,1-2,9,12-13H2,(H,24,26)/t17-/m0/s1. The number of carbonyl (C=O) groups excluding carboxylic acids is 1. The Labute approximate surface area is 176 Å². The predicted octanol–water partition coefficient (Wildman–Crippen LogP) is 4.57. The second-order valence-electron chi connectivity index (χ2n) is 6.67. The summed E-state index contributed by atoms with van der Waals surface area (Å²) in [6.07, 6.45) is 3.93. The van der Waals surface area contributed by atoms with Gasteiger partial charge in [-0.1, -0.05) is 23.9 Å². The first-order valence-electron chi connectivity index (χ1n) is 9.37. The van der Waals surface area contributed by atoms with Crippen LogP contribution in [-0.2, 0) is 9.53 Å². The van der Waals surface area contributed by atoms with E-state index in [9.17, 15) is 9.18 Å². The number of fused-ring (bicyclic) bond motifs is 1. The molecule has 1 fully saturated rings. The Bertz CT molecular complexity index is 1010. The summed E-state index contributed by atoms with van der Waals surface area (Å²) in [5, 5.41) is 2.92. The van der Waals surface area contributed by atoms with Gasteiger partial charge in [-0.2, -0.15) is 0 Å². The molecule has 1 aromatic heterocycles. The van der Waals surface area contributed by atoms with Crippen LogP contribution in [0.15, 0.2) is 51.8 Å². The third kappa shape index (κ3) is 5.62. The summed E-state index contributed by atoms with van der Waals surface area (Å²) in [7, 11) is 0. The van der Waals surface area contributed by atoms with Gasteiger partial charge < -0.3 is 10.1 Å². The Morgan fingerprint density at radius 1 is 1.34 bits per heavy atom. The largest absolute Gasteiger partial charge is 0.376 e. The molecule has 29 heavy (non-hydrogen) atoms. The SMILES string of the molecule is O=C(CSc1nc2ccc(N=Cc3ccc(F)cc3)cc2s1)NC[C@@H]1CCCO1. The Morgan fingerprint density at radius 3 is 3.00 bits per heavy atom. The number of rotatable bonds is 7. The van der Waals surface area contributed by atoms with E-state index in [0.29, 0.717) is 12.3 Å². The summed E-state index contributed by atoms with van der Waals surface area (Å²) < 4.78 is 20.3. The molecule has 4 rings (SSSR count). The van der Waals surface area contributed by atoms with Crippen molar-refractivity contribution in [1.82, 2.24) is 10.3 Å². The summed E-state index contributed by atoms with van der Waals surface area (Å²) in [5.74, 6) is 0.0652. The van der Waals surface area contributed by atoms with Crippen LogP contribution in [0.4, 0.5) is 10.1 Å². The van der Waals surface area contributed by atoms with Gasteiger partial charge in [-0.25, -0.2) is 9.37 Å². The Balaban J connectivity index is 1.34. The normalized spacial score (nSPS) is 16.7. The second kappa shape index (κ2) is 9.47. The average molecular weight is 430 g/mol. The molecule has 1 aliphatic heterocycles. The number of hydrogen-bond donors (Lipinski definition) is 1. The highest BCUT2D eigenvalue weighted by Crippen LogP contribution is 2.31. The van der Waals surface area contributed by atoms with E-state index >= 15 is 0 Å². The van der Waals surface area contributed by atoms with Crippen molar-refractivity contribution in [2.45, 2.75) is 23.3 Å². The molecule has 0 bridgehead atoms. The summed E-state index contributed by atoms with van der Waals surface area (Å²) in [4.78, 5) is 21.1. The van der Waals surface area contributed by atoms with Crippen LogP contribution in [0.25, 0.3) is 10.2 Å². The lowest BCUT2D eigenvalue weighted by Gasteiger charge is -2.09. The number of aliphatic imine (C=N–C) groups is 1. The maximum Gasteiger partial charge on any atom is 0.230 e. The van der Waals surface area contributed by atoms with E-state index in [2.05, 4.69) is 15.3 Å². The van der Waals surface area contributed by atoms with E-state index < -0.39 is 0 Å². The van der Waals surface area contributed by atoms with Gasteiger partial charge in [-0.3, -0.25) is 9.79 Å². The van der Waals surface area contributed by atoms with E-state index in [1.807, 2.05) is 18.2 Å². The zero-order chi connectivity index (χ0) is 20.1. The van der Waals surface area contributed by atoms with Crippen molar-refractivity contribution >= 4 is 51.1 Å². The summed E-state index contributed by atoms with van der Waals surface area (Å²) in [6.45, 7) is 1.37. The monoisotopic (exact) mass is 429 g/mol. The third-order valence-corrected chi connectivity index (χ3v) is 6.62. The van der Waals surface area contributed by atoms with E-state index in [1.54, 1.807) is 29.7 Å². The fourth-order valence-electron chi connectivity index (χ4n) is 2.94. The fraction of sp³-hybridized carbons (Fsp3) is 0.286. The highest BCUT2D eigenvalue weighted by Gasteiger charge is 2.16. The minimum Gasteiger partial charge on any atom is -0.376 e. The number of carbonyl (C=O) groups is 1. The van der Waals surface area contributed by atoms with Gasteiger partial charge in [0.15, 0.2) is 4.34 Å². The molecule has 0 saturated carbocycles. The van der Waals surface area contributed by atoms with Crippen molar-refractivity contribution in [2.75, 3.05) is 18.9 Å². The van der Waals surface area contributed by atoms with Crippen molar-refractivity contribution in [1.29, 1.82) is 0 Å². The van der Waals surface area contributed by atoms with Crippen molar-refractivity contribution in [2.24, 2.45) is 4.99 Å². The molecule has 0 radical (unpaired) electrons. The average Bonchev–Trinajstić information content (AvgIpc) is 3.39. The van der Waals surface area contributed by atoms with E-state index in [-0.39, 0.29) is 17.8 Å². The number of ether oxygens (including phenoxy) is 1. The molecular formula is C21H20FN3O2S2. The van der Waals surface area contributed by atoms with Crippen LogP contribution in [0.5, 0.6) is 0 Å². The van der Waals surface area contributed by atoms with E-state index in [0.717, 1.165) is 45.3 Å².